The van der Waals surface area contributed by atoms with Gasteiger partial charge in [0.15, 0.2) is 5.82 Å². The van der Waals surface area contributed by atoms with Gasteiger partial charge in [-0.1, -0.05) is 12.2 Å². The van der Waals surface area contributed by atoms with E-state index in [9.17, 15) is 0 Å². The summed E-state index contributed by atoms with van der Waals surface area (Å²) in [6.07, 6.45) is 3.65. The van der Waals surface area contributed by atoms with Crippen molar-refractivity contribution in [1.29, 1.82) is 0 Å². The summed E-state index contributed by atoms with van der Waals surface area (Å²) in [5.74, 6) is 0.801. The first-order valence-corrected chi connectivity index (χ1v) is 4.89. The second-order valence-electron chi connectivity index (χ2n) is 3.35. The predicted molar refractivity (Wildman–Crippen MR) is 66.0 cm³/mol. The molecular formula is C12H17N3. The smallest absolute Gasteiger partial charge is 0.152 e. The van der Waals surface area contributed by atoms with E-state index in [2.05, 4.69) is 18.1 Å². The summed E-state index contributed by atoms with van der Waals surface area (Å²) < 4.78 is 0. The molecular weight excluding hydrogens is 186 g/mol. The van der Waals surface area contributed by atoms with Crippen LogP contribution in [0.2, 0.25) is 0 Å². The maximum atomic E-state index is 5.88. The van der Waals surface area contributed by atoms with E-state index in [0.29, 0.717) is 18.8 Å². The van der Waals surface area contributed by atoms with E-state index in [1.165, 1.54) is 0 Å². The lowest BCUT2D eigenvalue weighted by molar-refractivity contribution is 0.922. The number of nitrogen functional groups attached to an aromatic ring is 1. The molecule has 3 nitrogen and oxygen atoms in total. The van der Waals surface area contributed by atoms with Gasteiger partial charge in [0.1, 0.15) is 0 Å². The van der Waals surface area contributed by atoms with Gasteiger partial charge in [-0.15, -0.1) is 13.2 Å². The van der Waals surface area contributed by atoms with Crippen LogP contribution in [0.25, 0.3) is 0 Å². The van der Waals surface area contributed by atoms with Crippen molar-refractivity contribution in [2.24, 2.45) is 0 Å². The Hall–Kier alpha value is -1.77. The van der Waals surface area contributed by atoms with Crippen LogP contribution in [0, 0.1) is 6.92 Å². The highest BCUT2D eigenvalue weighted by molar-refractivity contribution is 5.63. The highest BCUT2D eigenvalue weighted by atomic mass is 15.2. The third-order valence-electron chi connectivity index (χ3n) is 2.04. The molecule has 0 aliphatic heterocycles. The summed E-state index contributed by atoms with van der Waals surface area (Å²) in [5, 5.41) is 0. The molecule has 1 rings (SSSR count). The van der Waals surface area contributed by atoms with Crippen molar-refractivity contribution in [3.63, 3.8) is 0 Å². The molecule has 0 aromatic carbocycles. The molecule has 1 aromatic heterocycles. The van der Waals surface area contributed by atoms with Gasteiger partial charge in [0.25, 0.3) is 0 Å². The number of anilines is 2. The first-order valence-electron chi connectivity index (χ1n) is 4.89. The van der Waals surface area contributed by atoms with Crippen LogP contribution in [-0.4, -0.2) is 18.1 Å². The Labute approximate surface area is 90.9 Å². The van der Waals surface area contributed by atoms with E-state index in [0.717, 1.165) is 11.5 Å². The monoisotopic (exact) mass is 203 g/mol. The van der Waals surface area contributed by atoms with E-state index in [-0.39, 0.29) is 0 Å². The van der Waals surface area contributed by atoms with Gasteiger partial charge < -0.3 is 10.6 Å². The van der Waals surface area contributed by atoms with Crippen LogP contribution in [0.5, 0.6) is 0 Å². The van der Waals surface area contributed by atoms with Crippen molar-refractivity contribution in [3.8, 4) is 0 Å². The number of aromatic nitrogens is 1. The SMILES string of the molecule is C=CCN(CC=C)c1nc(C)ccc1N. The molecule has 15 heavy (non-hydrogen) atoms. The van der Waals surface area contributed by atoms with Crippen molar-refractivity contribution in [2.45, 2.75) is 6.92 Å². The zero-order valence-electron chi connectivity index (χ0n) is 9.11. The van der Waals surface area contributed by atoms with Crippen LogP contribution in [-0.2, 0) is 0 Å². The second kappa shape index (κ2) is 5.20. The molecule has 0 amide bonds. The van der Waals surface area contributed by atoms with E-state index in [4.69, 9.17) is 5.73 Å². The lowest BCUT2D eigenvalue weighted by Crippen LogP contribution is -2.25. The van der Waals surface area contributed by atoms with Crippen LogP contribution in [0.1, 0.15) is 5.69 Å². The number of aryl methyl sites for hydroxylation is 1. The molecule has 0 aliphatic rings. The lowest BCUT2D eigenvalue weighted by Gasteiger charge is -2.22. The van der Waals surface area contributed by atoms with E-state index in [1.807, 2.05) is 36.1 Å². The maximum absolute atomic E-state index is 5.88. The minimum atomic E-state index is 0.685. The number of pyridine rings is 1. The van der Waals surface area contributed by atoms with Crippen molar-refractivity contribution < 1.29 is 0 Å². The average Bonchev–Trinajstić information content (AvgIpc) is 2.21. The summed E-state index contributed by atoms with van der Waals surface area (Å²) in [5.41, 5.74) is 7.52. The van der Waals surface area contributed by atoms with Gasteiger partial charge in [-0.2, -0.15) is 0 Å². The largest absolute Gasteiger partial charge is 0.396 e. The molecule has 80 valence electrons. The third kappa shape index (κ3) is 2.84. The molecule has 0 saturated heterocycles. The number of rotatable bonds is 5. The highest BCUT2D eigenvalue weighted by Gasteiger charge is 2.08. The molecule has 1 heterocycles. The summed E-state index contributed by atoms with van der Waals surface area (Å²) in [6, 6.07) is 3.77. The van der Waals surface area contributed by atoms with Crippen LogP contribution >= 0.6 is 0 Å². The fourth-order valence-corrected chi connectivity index (χ4v) is 1.37. The van der Waals surface area contributed by atoms with Gasteiger partial charge in [-0.3, -0.25) is 0 Å². The molecule has 0 spiro atoms. The van der Waals surface area contributed by atoms with E-state index in [1.54, 1.807) is 0 Å². The summed E-state index contributed by atoms with van der Waals surface area (Å²) in [7, 11) is 0. The van der Waals surface area contributed by atoms with Crippen molar-refractivity contribution >= 4 is 11.5 Å². The maximum Gasteiger partial charge on any atom is 0.152 e. The molecule has 1 aromatic rings. The second-order valence-corrected chi connectivity index (χ2v) is 3.35. The van der Waals surface area contributed by atoms with Gasteiger partial charge in [0.05, 0.1) is 5.69 Å². The molecule has 3 heteroatoms. The van der Waals surface area contributed by atoms with Gasteiger partial charge in [-0.05, 0) is 19.1 Å². The molecule has 2 N–H and O–H groups in total. The zero-order valence-corrected chi connectivity index (χ0v) is 9.11. The van der Waals surface area contributed by atoms with Crippen molar-refractivity contribution in [2.75, 3.05) is 23.7 Å². The molecule has 0 unspecified atom stereocenters. The van der Waals surface area contributed by atoms with Crippen LogP contribution < -0.4 is 10.6 Å². The van der Waals surface area contributed by atoms with Crippen LogP contribution in [0.15, 0.2) is 37.4 Å². The normalized spacial score (nSPS) is 9.67. The molecule has 0 fully saturated rings. The first-order chi connectivity index (χ1) is 7.19. The number of hydrogen-bond donors (Lipinski definition) is 1. The average molecular weight is 203 g/mol. The van der Waals surface area contributed by atoms with Crippen molar-refractivity contribution in [1.82, 2.24) is 4.98 Å². The van der Waals surface area contributed by atoms with Crippen molar-refractivity contribution in [3.05, 3.63) is 43.1 Å². The molecule has 0 radical (unpaired) electrons. The molecule has 0 aliphatic carbocycles. The highest BCUT2D eigenvalue weighted by Crippen LogP contribution is 2.20. The third-order valence-corrected chi connectivity index (χ3v) is 2.04. The molecule has 0 saturated carbocycles. The Bertz CT molecular complexity index is 348. The zero-order chi connectivity index (χ0) is 11.3. The van der Waals surface area contributed by atoms with E-state index >= 15 is 0 Å². The van der Waals surface area contributed by atoms with Crippen LogP contribution in [0.4, 0.5) is 11.5 Å². The molecule has 0 bridgehead atoms. The Balaban J connectivity index is 3.02. The Morgan fingerprint density at radius 3 is 2.47 bits per heavy atom. The summed E-state index contributed by atoms with van der Waals surface area (Å²) >= 11 is 0. The quantitative estimate of drug-likeness (QED) is 0.746. The van der Waals surface area contributed by atoms with Crippen LogP contribution in [0.3, 0.4) is 0 Å². The number of nitrogens with two attached hydrogens (primary N) is 1. The Morgan fingerprint density at radius 2 is 1.93 bits per heavy atom. The minimum absolute atomic E-state index is 0.685. The summed E-state index contributed by atoms with van der Waals surface area (Å²) in [6.45, 7) is 10.8. The first kappa shape index (κ1) is 11.3. The Morgan fingerprint density at radius 1 is 1.33 bits per heavy atom. The predicted octanol–water partition coefficient (Wildman–Crippen LogP) is 2.15. The molecule has 0 atom stereocenters. The Kier molecular flexibility index (Phi) is 3.92. The topological polar surface area (TPSA) is 42.2 Å². The number of hydrogen-bond acceptors (Lipinski definition) is 3. The van der Waals surface area contributed by atoms with Gasteiger partial charge in [0.2, 0.25) is 0 Å². The summed E-state index contributed by atoms with van der Waals surface area (Å²) in [4.78, 5) is 6.45. The van der Waals surface area contributed by atoms with E-state index < -0.39 is 0 Å². The van der Waals surface area contributed by atoms with Gasteiger partial charge in [0, 0.05) is 18.8 Å². The van der Waals surface area contributed by atoms with Gasteiger partial charge >= 0.3 is 0 Å². The van der Waals surface area contributed by atoms with Gasteiger partial charge in [-0.25, -0.2) is 4.98 Å². The standard InChI is InChI=1S/C12H17N3/c1-4-8-15(9-5-2)12-11(13)7-6-10(3)14-12/h4-7H,1-2,8-9,13H2,3H3. The fraction of sp³-hybridized carbons (Fsp3) is 0.250. The minimum Gasteiger partial charge on any atom is -0.396 e. The lowest BCUT2D eigenvalue weighted by atomic mass is 10.3. The number of nitrogens with zero attached hydrogens (tertiary/aromatic N) is 2. The fourth-order valence-electron chi connectivity index (χ4n) is 1.37.